The number of hydrogen-bond donors (Lipinski definition) is 27. The van der Waals surface area contributed by atoms with Gasteiger partial charge in [0.1, 0.15) is 207 Å². The van der Waals surface area contributed by atoms with Crippen LogP contribution in [0.15, 0.2) is 0 Å². The summed E-state index contributed by atoms with van der Waals surface area (Å²) in [6, 6.07) is -3.93. The summed E-state index contributed by atoms with van der Waals surface area (Å²) in [7, 11) is 0. The summed E-state index contributed by atoms with van der Waals surface area (Å²) >= 11 is 0. The molecule has 2 amide bonds. The number of aliphatic hydroxyl groups is 25. The minimum absolute atomic E-state index is 0.862. The van der Waals surface area contributed by atoms with Gasteiger partial charge in [-0.05, 0) is 13.8 Å². The van der Waals surface area contributed by atoms with Crippen molar-refractivity contribution in [3.8, 4) is 0 Å². The molecular formula is C58H98N2O44. The van der Waals surface area contributed by atoms with Gasteiger partial charge in [-0.1, -0.05) is 0 Å². The van der Waals surface area contributed by atoms with E-state index in [9.17, 15) is 137 Å². The molecule has 104 heavy (non-hydrogen) atoms. The van der Waals surface area contributed by atoms with Gasteiger partial charge < -0.3 is 219 Å². The summed E-state index contributed by atoms with van der Waals surface area (Å²) in [5.41, 5.74) is 0. The van der Waals surface area contributed by atoms with E-state index in [1.54, 1.807) is 0 Å². The topological polar surface area (TPSA) is 721 Å². The van der Waals surface area contributed by atoms with Crippen LogP contribution in [0.3, 0.4) is 0 Å². The van der Waals surface area contributed by atoms with Gasteiger partial charge in [-0.15, -0.1) is 0 Å². The number of nitrogens with one attached hydrogen (secondary N) is 2. The number of rotatable bonds is 25. The quantitative estimate of drug-likeness (QED) is 0.0404. The van der Waals surface area contributed by atoms with Gasteiger partial charge in [-0.2, -0.15) is 0 Å². The highest BCUT2D eigenvalue weighted by Crippen LogP contribution is 2.40. The Labute approximate surface area is 589 Å². The molecule has 9 heterocycles. The summed E-state index contributed by atoms with van der Waals surface area (Å²) in [4.78, 5) is 26.4. The SMILES string of the molecule is CC(=O)N[C@@H]1[C@@H](O[C@@H]2O[C@@H](C)[C@@H](O)[C@@H](O)[C@@H]2O)[C@H](O[C@@H]2O[C@H](CO)[C@@H](O[C@@H]3O[C@H](CO[C@H]4O[C@H](CO)[C@@H](O)[C@H](O)[C@@H]4O)[C@@H](O[C@@H]4O[C@H](CO)[C@H](O)[C@H](O)[C@H]4O)[C@H](O[C@H]4O[C@H](CO)[C@@H](O)[C@H](O)[C@@H]4O)[C@@H]3O)[C@H](O)[C@H]2NC(C)=O)[C@@H](CO[C@@H]2O[C@@H](C)[C@@H](O[C@@H]3O[C@H](CO)[C@H](O)[C@H](O)[C@H]3O)[C@@H](O)[C@@H]2O)O[C@H]1O. The molecule has 9 fully saturated rings. The van der Waals surface area contributed by atoms with E-state index in [-0.39, 0.29) is 0 Å². The number of amides is 2. The number of aliphatic hydroxyl groups excluding tert-OH is 25. The molecule has 45 atom stereocenters. The summed E-state index contributed by atoms with van der Waals surface area (Å²) in [5.74, 6) is -1.91. The molecule has 604 valence electrons. The first-order valence-electron chi connectivity index (χ1n) is 33.4. The molecule has 46 nitrogen and oxygen atoms in total. The zero-order valence-corrected chi connectivity index (χ0v) is 55.9. The minimum Gasteiger partial charge on any atom is -0.394 e. The Hall–Kier alpha value is -2.74. The second-order valence-electron chi connectivity index (χ2n) is 26.7. The molecule has 0 aliphatic carbocycles. The van der Waals surface area contributed by atoms with Crippen molar-refractivity contribution in [2.24, 2.45) is 0 Å². The second-order valence-corrected chi connectivity index (χ2v) is 26.7. The summed E-state index contributed by atoms with van der Waals surface area (Å²) in [6.07, 6.45) is -86.5. The predicted octanol–water partition coefficient (Wildman–Crippen LogP) is -18.3. The Morgan fingerprint density at radius 1 is 0.269 bits per heavy atom. The fourth-order valence-corrected chi connectivity index (χ4v) is 13.5. The summed E-state index contributed by atoms with van der Waals surface area (Å²) in [6.45, 7) is -2.84. The third-order valence-corrected chi connectivity index (χ3v) is 19.4. The van der Waals surface area contributed by atoms with E-state index in [2.05, 4.69) is 10.6 Å². The average Bonchev–Trinajstić information content (AvgIpc) is 0.763. The minimum atomic E-state index is -2.52. The summed E-state index contributed by atoms with van der Waals surface area (Å²) < 4.78 is 101. The van der Waals surface area contributed by atoms with Gasteiger partial charge in [0.05, 0.1) is 58.5 Å². The van der Waals surface area contributed by atoms with Crippen LogP contribution in [0.5, 0.6) is 0 Å². The van der Waals surface area contributed by atoms with Gasteiger partial charge in [0.25, 0.3) is 0 Å². The van der Waals surface area contributed by atoms with Gasteiger partial charge in [0.15, 0.2) is 56.6 Å². The number of carbonyl (C=O) groups is 2. The van der Waals surface area contributed by atoms with Crippen LogP contribution in [0.1, 0.15) is 27.7 Å². The Balaban J connectivity index is 1.05. The van der Waals surface area contributed by atoms with Crippen molar-refractivity contribution in [1.82, 2.24) is 10.6 Å². The van der Waals surface area contributed by atoms with E-state index in [1.807, 2.05) is 0 Å². The Morgan fingerprint density at radius 3 is 1.04 bits per heavy atom. The normalized spacial score (nSPS) is 51.9. The Kier molecular flexibility index (Phi) is 30.0. The van der Waals surface area contributed by atoms with Crippen LogP contribution in [0.4, 0.5) is 0 Å². The van der Waals surface area contributed by atoms with Crippen LogP contribution in [0, 0.1) is 0 Å². The van der Waals surface area contributed by atoms with Crippen LogP contribution in [0.2, 0.25) is 0 Å². The smallest absolute Gasteiger partial charge is 0.217 e. The van der Waals surface area contributed by atoms with Gasteiger partial charge in [-0.25, -0.2) is 0 Å². The van der Waals surface area contributed by atoms with E-state index in [0.29, 0.717) is 0 Å². The van der Waals surface area contributed by atoms with Gasteiger partial charge in [-0.3, -0.25) is 9.59 Å². The van der Waals surface area contributed by atoms with Crippen molar-refractivity contribution in [2.45, 2.75) is 304 Å². The van der Waals surface area contributed by atoms with Crippen molar-refractivity contribution in [3.05, 3.63) is 0 Å². The highest BCUT2D eigenvalue weighted by atomic mass is 16.8. The highest BCUT2D eigenvalue weighted by molar-refractivity contribution is 5.73. The molecule has 0 unspecified atom stereocenters. The number of ether oxygens (including phenoxy) is 17. The van der Waals surface area contributed by atoms with Crippen LogP contribution in [0.25, 0.3) is 0 Å². The fourth-order valence-electron chi connectivity index (χ4n) is 13.5. The lowest BCUT2D eigenvalue weighted by Crippen LogP contribution is -2.71. The largest absolute Gasteiger partial charge is 0.394 e. The molecule has 0 bridgehead atoms. The Bertz CT molecular complexity index is 2670. The first kappa shape index (κ1) is 85.3. The molecule has 9 aliphatic rings. The molecule has 0 saturated carbocycles. The molecule has 0 aromatic carbocycles. The molecule has 27 N–H and O–H groups in total. The lowest BCUT2D eigenvalue weighted by molar-refractivity contribution is -0.403. The van der Waals surface area contributed by atoms with Crippen molar-refractivity contribution >= 4 is 11.8 Å². The molecule has 0 aromatic heterocycles. The van der Waals surface area contributed by atoms with Crippen LogP contribution in [-0.4, -0.2) is 462 Å². The monoisotopic (exact) mass is 1530 g/mol. The molecule has 0 spiro atoms. The second kappa shape index (κ2) is 36.6. The maximum Gasteiger partial charge on any atom is 0.217 e. The van der Waals surface area contributed by atoms with Crippen molar-refractivity contribution in [3.63, 3.8) is 0 Å². The lowest BCUT2D eigenvalue weighted by Gasteiger charge is -2.52. The van der Waals surface area contributed by atoms with Gasteiger partial charge in [0, 0.05) is 13.8 Å². The van der Waals surface area contributed by atoms with Crippen molar-refractivity contribution in [2.75, 3.05) is 46.2 Å². The first-order valence-corrected chi connectivity index (χ1v) is 33.4. The van der Waals surface area contributed by atoms with Crippen molar-refractivity contribution < 1.29 is 218 Å². The van der Waals surface area contributed by atoms with Crippen LogP contribution >= 0.6 is 0 Å². The molecule has 0 aromatic rings. The highest BCUT2D eigenvalue weighted by Gasteiger charge is 2.61. The zero-order chi connectivity index (χ0) is 76.5. The molecule has 46 heteroatoms. The number of hydrogen-bond acceptors (Lipinski definition) is 44. The summed E-state index contributed by atoms with van der Waals surface area (Å²) in [5, 5.41) is 278. The standard InChI is InChI=1S/C58H98N2O44/c1-12-25(68)31(74)38(81)54(90-12)103-48-24(60-15(4)67)50(87)92-21(10-88-52-42(85)36(79)44(13(2)91-52)99-55-39(82)33(76)27(70)17(6-62)94-55)46(48)101-51-23(59-14(3)66)30(73)45(20(9-65)97-51)100-58-43(86)49(104-57-41(84)35(78)29(72)19(8-64)96-57)47(102-56-40(83)34(77)28(71)18(7-63)95-56)22(98-58)11-89-53-37(80)32(75)26(69)16(5-61)93-53/h12-13,16-58,61-65,68-87H,5-11H2,1-4H3,(H,59,66)(H,60,67)/t12-,13-,16+,17+,18+,19+,20+,21+,22+,23+,24+,25+,26+,27-,28-,29+,30+,31+,32-,33-,34-,35-,36-,37-,38-,39+,40+,41-,42-,43-,44+,45+,46+,47+,48+,49+,50+,51-,52+,53-,54-,55-,56-,57+,58-/m0/s1. The molecular weight excluding hydrogens is 1430 g/mol. The van der Waals surface area contributed by atoms with Gasteiger partial charge >= 0.3 is 0 Å². The maximum absolute atomic E-state index is 13.4. The third kappa shape index (κ3) is 18.2. The van der Waals surface area contributed by atoms with Crippen LogP contribution < -0.4 is 10.6 Å². The van der Waals surface area contributed by atoms with Crippen LogP contribution in [-0.2, 0) is 90.1 Å². The van der Waals surface area contributed by atoms with E-state index in [1.165, 1.54) is 13.8 Å². The Morgan fingerprint density at radius 2 is 0.577 bits per heavy atom. The predicted molar refractivity (Wildman–Crippen MR) is 317 cm³/mol. The fraction of sp³-hybridized carbons (Fsp3) is 0.966. The lowest BCUT2D eigenvalue weighted by atomic mass is 9.93. The third-order valence-electron chi connectivity index (χ3n) is 19.4. The molecule has 9 aliphatic heterocycles. The first-order chi connectivity index (χ1) is 49.1. The number of carbonyl (C=O) groups excluding carboxylic acids is 2. The maximum atomic E-state index is 13.4. The molecule has 0 radical (unpaired) electrons. The van der Waals surface area contributed by atoms with Gasteiger partial charge in [0.2, 0.25) is 11.8 Å². The van der Waals surface area contributed by atoms with E-state index < -0.39 is 334 Å². The molecule has 9 rings (SSSR count). The van der Waals surface area contributed by atoms with Crippen molar-refractivity contribution in [1.29, 1.82) is 0 Å². The zero-order valence-electron chi connectivity index (χ0n) is 55.9. The van der Waals surface area contributed by atoms with E-state index in [4.69, 9.17) is 80.5 Å². The average molecular weight is 1530 g/mol. The van der Waals surface area contributed by atoms with E-state index in [0.717, 1.165) is 13.8 Å². The van der Waals surface area contributed by atoms with E-state index >= 15 is 0 Å². The molecule has 9 saturated heterocycles.